The molecule has 1 saturated heterocycles. The van der Waals surface area contributed by atoms with Crippen molar-refractivity contribution in [1.82, 2.24) is 14.7 Å². The van der Waals surface area contributed by atoms with E-state index < -0.39 is 5.54 Å². The fourth-order valence-corrected chi connectivity index (χ4v) is 2.69. The lowest BCUT2D eigenvalue weighted by Crippen LogP contribution is -2.54. The van der Waals surface area contributed by atoms with E-state index in [0.29, 0.717) is 5.56 Å². The first-order chi connectivity index (χ1) is 9.40. The predicted octanol–water partition coefficient (Wildman–Crippen LogP) is 1.02. The molecule has 1 aromatic heterocycles. The molecule has 1 aliphatic rings. The fraction of sp³-hybridized carbons (Fsp3) is 0.643. The van der Waals surface area contributed by atoms with E-state index in [1.54, 1.807) is 4.68 Å². The lowest BCUT2D eigenvalue weighted by molar-refractivity contribution is 0.157. The Kier molecular flexibility index (Phi) is 3.69. The molecular weight excluding hydrogens is 252 g/mol. The highest BCUT2D eigenvalue weighted by Crippen LogP contribution is 2.25. The summed E-state index contributed by atoms with van der Waals surface area (Å²) in [5.41, 5.74) is 0.984. The summed E-state index contributed by atoms with van der Waals surface area (Å²) in [4.78, 5) is 4.36. The Hall–Kier alpha value is -2.05. The van der Waals surface area contributed by atoms with Crippen LogP contribution in [-0.4, -0.2) is 46.4 Å². The molecule has 6 heteroatoms. The normalized spacial score (nSPS) is 16.8. The van der Waals surface area contributed by atoms with Crippen LogP contribution in [-0.2, 0) is 7.05 Å². The largest absolute Gasteiger partial charge is 0.353 e. The molecule has 0 aromatic carbocycles. The molecule has 0 aliphatic carbocycles. The smallest absolute Gasteiger partial charge is 0.145 e. The highest BCUT2D eigenvalue weighted by molar-refractivity contribution is 5.57. The zero-order valence-corrected chi connectivity index (χ0v) is 12.5. The van der Waals surface area contributed by atoms with Gasteiger partial charge < -0.3 is 4.90 Å². The van der Waals surface area contributed by atoms with E-state index in [9.17, 15) is 10.5 Å². The van der Waals surface area contributed by atoms with Crippen LogP contribution >= 0.6 is 0 Å². The summed E-state index contributed by atoms with van der Waals surface area (Å²) in [6.07, 6.45) is 0. The maximum atomic E-state index is 9.28. The van der Waals surface area contributed by atoms with Crippen molar-refractivity contribution in [1.29, 1.82) is 10.5 Å². The molecule has 0 unspecified atom stereocenters. The molecule has 1 fully saturated rings. The standard InChI is InChI=1S/C14H20N6/c1-11-12(9-15)13(18(4)17-11)19-5-7-20(8-6-19)14(2,3)10-16/h5-8H2,1-4H3. The lowest BCUT2D eigenvalue weighted by Gasteiger charge is -2.41. The van der Waals surface area contributed by atoms with Crippen molar-refractivity contribution in [2.75, 3.05) is 31.1 Å². The minimum Gasteiger partial charge on any atom is -0.353 e. The van der Waals surface area contributed by atoms with Crippen molar-refractivity contribution in [3.63, 3.8) is 0 Å². The van der Waals surface area contributed by atoms with Gasteiger partial charge in [0.25, 0.3) is 0 Å². The minimum atomic E-state index is -0.438. The third kappa shape index (κ3) is 2.35. The summed E-state index contributed by atoms with van der Waals surface area (Å²) < 4.78 is 1.78. The topological polar surface area (TPSA) is 71.9 Å². The van der Waals surface area contributed by atoms with Crippen LogP contribution in [0.25, 0.3) is 0 Å². The second-order valence-corrected chi connectivity index (χ2v) is 5.66. The lowest BCUT2D eigenvalue weighted by atomic mass is 10.0. The second kappa shape index (κ2) is 5.15. The summed E-state index contributed by atoms with van der Waals surface area (Å²) >= 11 is 0. The van der Waals surface area contributed by atoms with Crippen LogP contribution in [0.3, 0.4) is 0 Å². The molecule has 1 aliphatic heterocycles. The Bertz CT molecular complexity index is 578. The maximum absolute atomic E-state index is 9.28. The van der Waals surface area contributed by atoms with E-state index in [1.165, 1.54) is 0 Å². The number of nitrogens with zero attached hydrogens (tertiary/aromatic N) is 6. The number of nitriles is 2. The van der Waals surface area contributed by atoms with Crippen molar-refractivity contribution in [2.45, 2.75) is 26.3 Å². The van der Waals surface area contributed by atoms with Crippen LogP contribution in [0.4, 0.5) is 5.82 Å². The second-order valence-electron chi connectivity index (χ2n) is 5.66. The number of hydrogen-bond acceptors (Lipinski definition) is 5. The van der Waals surface area contributed by atoms with Crippen LogP contribution in [0.5, 0.6) is 0 Å². The quantitative estimate of drug-likeness (QED) is 0.804. The van der Waals surface area contributed by atoms with Crippen LogP contribution in [0.2, 0.25) is 0 Å². The molecule has 2 heterocycles. The first kappa shape index (κ1) is 14.4. The molecule has 0 radical (unpaired) electrons. The number of piperazine rings is 1. The van der Waals surface area contributed by atoms with Crippen molar-refractivity contribution in [2.24, 2.45) is 7.05 Å². The number of rotatable bonds is 2. The first-order valence-corrected chi connectivity index (χ1v) is 6.75. The molecular formula is C14H20N6. The molecule has 0 bridgehead atoms. The monoisotopic (exact) mass is 272 g/mol. The van der Waals surface area contributed by atoms with E-state index >= 15 is 0 Å². The van der Waals surface area contributed by atoms with Gasteiger partial charge in [-0.1, -0.05) is 0 Å². The van der Waals surface area contributed by atoms with Crippen molar-refractivity contribution >= 4 is 5.82 Å². The molecule has 0 N–H and O–H groups in total. The Labute approximate surface area is 119 Å². The van der Waals surface area contributed by atoms with E-state index in [1.807, 2.05) is 27.8 Å². The number of anilines is 1. The number of hydrogen-bond donors (Lipinski definition) is 0. The van der Waals surface area contributed by atoms with E-state index in [2.05, 4.69) is 27.0 Å². The summed E-state index contributed by atoms with van der Waals surface area (Å²) in [6.45, 7) is 8.98. The Morgan fingerprint density at radius 2 is 1.75 bits per heavy atom. The zero-order valence-electron chi connectivity index (χ0n) is 12.5. The summed E-state index contributed by atoms with van der Waals surface area (Å²) in [7, 11) is 1.87. The Morgan fingerprint density at radius 1 is 1.15 bits per heavy atom. The molecule has 0 spiro atoms. The van der Waals surface area contributed by atoms with E-state index in [0.717, 1.165) is 37.7 Å². The van der Waals surface area contributed by atoms with Gasteiger partial charge in [-0.25, -0.2) is 0 Å². The van der Waals surface area contributed by atoms with Gasteiger partial charge in [-0.05, 0) is 20.8 Å². The number of aryl methyl sites for hydroxylation is 2. The third-order valence-corrected chi connectivity index (χ3v) is 3.95. The Balaban J connectivity index is 2.17. The maximum Gasteiger partial charge on any atom is 0.145 e. The predicted molar refractivity (Wildman–Crippen MR) is 76.1 cm³/mol. The van der Waals surface area contributed by atoms with Gasteiger partial charge in [0.1, 0.15) is 23.0 Å². The molecule has 20 heavy (non-hydrogen) atoms. The first-order valence-electron chi connectivity index (χ1n) is 6.75. The molecule has 6 nitrogen and oxygen atoms in total. The van der Waals surface area contributed by atoms with Gasteiger partial charge >= 0.3 is 0 Å². The van der Waals surface area contributed by atoms with Gasteiger partial charge in [-0.2, -0.15) is 15.6 Å². The summed E-state index contributed by atoms with van der Waals surface area (Å²) in [5, 5.41) is 22.8. The minimum absolute atomic E-state index is 0.438. The summed E-state index contributed by atoms with van der Waals surface area (Å²) in [6, 6.07) is 4.58. The van der Waals surface area contributed by atoms with Crippen LogP contribution in [0.15, 0.2) is 0 Å². The highest BCUT2D eigenvalue weighted by Gasteiger charge is 2.31. The van der Waals surface area contributed by atoms with Crippen molar-refractivity contribution in [3.8, 4) is 12.1 Å². The molecule has 0 amide bonds. The molecule has 0 saturated carbocycles. The van der Waals surface area contributed by atoms with Crippen LogP contribution in [0.1, 0.15) is 25.1 Å². The van der Waals surface area contributed by atoms with Gasteiger partial charge in [0.2, 0.25) is 0 Å². The average Bonchev–Trinajstić information content (AvgIpc) is 2.72. The van der Waals surface area contributed by atoms with E-state index in [4.69, 9.17) is 0 Å². The fourth-order valence-electron chi connectivity index (χ4n) is 2.69. The van der Waals surface area contributed by atoms with Gasteiger partial charge in [-0.3, -0.25) is 9.58 Å². The van der Waals surface area contributed by atoms with Crippen LogP contribution in [0, 0.1) is 29.6 Å². The third-order valence-electron chi connectivity index (χ3n) is 3.95. The average molecular weight is 272 g/mol. The molecule has 0 atom stereocenters. The van der Waals surface area contributed by atoms with Crippen LogP contribution < -0.4 is 4.90 Å². The number of aromatic nitrogens is 2. The zero-order chi connectivity index (χ0) is 14.9. The van der Waals surface area contributed by atoms with Gasteiger partial charge in [0.15, 0.2) is 0 Å². The Morgan fingerprint density at radius 3 is 2.25 bits per heavy atom. The van der Waals surface area contributed by atoms with Crippen molar-refractivity contribution in [3.05, 3.63) is 11.3 Å². The van der Waals surface area contributed by atoms with Gasteiger partial charge in [0.05, 0.1) is 11.8 Å². The molecule has 2 rings (SSSR count). The van der Waals surface area contributed by atoms with E-state index in [-0.39, 0.29) is 0 Å². The SMILES string of the molecule is Cc1nn(C)c(N2CCN(C(C)(C)C#N)CC2)c1C#N. The molecule has 1 aromatic rings. The van der Waals surface area contributed by atoms with Gasteiger partial charge in [0, 0.05) is 33.2 Å². The molecule has 106 valence electrons. The summed E-state index contributed by atoms with van der Waals surface area (Å²) in [5.74, 6) is 0.888. The highest BCUT2D eigenvalue weighted by atomic mass is 15.4. The van der Waals surface area contributed by atoms with Crippen molar-refractivity contribution < 1.29 is 0 Å². The van der Waals surface area contributed by atoms with Gasteiger partial charge in [-0.15, -0.1) is 0 Å².